The molecule has 0 radical (unpaired) electrons. The second kappa shape index (κ2) is 5.98. The van der Waals surface area contributed by atoms with E-state index in [0.29, 0.717) is 0 Å². The molecule has 1 aliphatic heterocycles. The van der Waals surface area contributed by atoms with Crippen molar-refractivity contribution in [1.29, 1.82) is 0 Å². The van der Waals surface area contributed by atoms with E-state index < -0.39 is 0 Å². The molecule has 4 rings (SSSR count). The van der Waals surface area contributed by atoms with Crippen LogP contribution in [-0.2, 0) is 5.75 Å². The molecule has 1 aliphatic rings. The lowest BCUT2D eigenvalue weighted by molar-refractivity contribution is 1.39. The van der Waals surface area contributed by atoms with Gasteiger partial charge in [0.25, 0.3) is 0 Å². The van der Waals surface area contributed by atoms with Gasteiger partial charge in [0.15, 0.2) is 0 Å². The van der Waals surface area contributed by atoms with Crippen LogP contribution in [0.25, 0.3) is 11.6 Å². The summed E-state index contributed by atoms with van der Waals surface area (Å²) in [5.74, 6) is 1.00. The standard InChI is InChI=1S/C21H17NS/c22-17-8-5-6-15(12-17)13-20-18-9-2-1-7-16(18)14-23-21-11-4-3-10-19(20)21/h1-13H,14,22H2. The van der Waals surface area contributed by atoms with Crippen LogP contribution < -0.4 is 5.73 Å². The van der Waals surface area contributed by atoms with Gasteiger partial charge in [-0.1, -0.05) is 54.6 Å². The average molecular weight is 315 g/mol. The van der Waals surface area contributed by atoms with Gasteiger partial charge in [-0.2, -0.15) is 0 Å². The highest BCUT2D eigenvalue weighted by Crippen LogP contribution is 2.40. The molecular formula is C21H17NS. The Balaban J connectivity index is 1.97. The van der Waals surface area contributed by atoms with E-state index in [1.54, 1.807) is 0 Å². The van der Waals surface area contributed by atoms with Crippen LogP contribution in [0.2, 0.25) is 0 Å². The quantitative estimate of drug-likeness (QED) is 0.603. The van der Waals surface area contributed by atoms with Crippen LogP contribution in [-0.4, -0.2) is 0 Å². The first-order valence-corrected chi connectivity index (χ1v) is 8.67. The molecule has 3 aromatic rings. The Bertz CT molecular complexity index is 846. The van der Waals surface area contributed by atoms with Crippen molar-refractivity contribution in [2.45, 2.75) is 10.6 Å². The van der Waals surface area contributed by atoms with Crippen LogP contribution in [0.1, 0.15) is 22.3 Å². The molecule has 3 aromatic carbocycles. The fourth-order valence-corrected chi connectivity index (χ4v) is 4.07. The number of thioether (sulfide) groups is 1. The lowest BCUT2D eigenvalue weighted by Crippen LogP contribution is -1.92. The first-order valence-electron chi connectivity index (χ1n) is 7.69. The molecule has 2 heteroatoms. The van der Waals surface area contributed by atoms with E-state index >= 15 is 0 Å². The molecule has 1 heterocycles. The van der Waals surface area contributed by atoms with Crippen molar-refractivity contribution < 1.29 is 0 Å². The molecule has 0 amide bonds. The summed E-state index contributed by atoms with van der Waals surface area (Å²) in [7, 11) is 0. The molecule has 0 saturated heterocycles. The first-order chi connectivity index (χ1) is 11.3. The van der Waals surface area contributed by atoms with Crippen molar-refractivity contribution in [3.8, 4) is 0 Å². The molecular weight excluding hydrogens is 298 g/mol. The molecule has 0 bridgehead atoms. The van der Waals surface area contributed by atoms with Crippen LogP contribution in [0.4, 0.5) is 5.69 Å². The normalized spacial score (nSPS) is 14.9. The fraction of sp³-hybridized carbons (Fsp3) is 0.0476. The lowest BCUT2D eigenvalue weighted by Gasteiger charge is -2.11. The Morgan fingerprint density at radius 3 is 2.48 bits per heavy atom. The number of hydrogen-bond donors (Lipinski definition) is 1. The average Bonchev–Trinajstić information content (AvgIpc) is 2.73. The van der Waals surface area contributed by atoms with E-state index in [-0.39, 0.29) is 0 Å². The summed E-state index contributed by atoms with van der Waals surface area (Å²) in [6, 6.07) is 25.4. The summed E-state index contributed by atoms with van der Waals surface area (Å²) >= 11 is 1.90. The SMILES string of the molecule is Nc1cccc(C=C2c3ccccc3CSc3ccccc32)c1. The van der Waals surface area contributed by atoms with Gasteiger partial charge >= 0.3 is 0 Å². The zero-order chi connectivity index (χ0) is 15.6. The number of nitrogen functional groups attached to an aromatic ring is 1. The van der Waals surface area contributed by atoms with Gasteiger partial charge in [-0.05, 0) is 52.1 Å². The topological polar surface area (TPSA) is 26.0 Å². The minimum absolute atomic E-state index is 0.795. The summed E-state index contributed by atoms with van der Waals surface area (Å²) in [5, 5.41) is 0. The monoisotopic (exact) mass is 315 g/mol. The summed E-state index contributed by atoms with van der Waals surface area (Å²) in [4.78, 5) is 1.33. The van der Waals surface area contributed by atoms with Crippen molar-refractivity contribution in [2.75, 3.05) is 5.73 Å². The van der Waals surface area contributed by atoms with Crippen LogP contribution in [0.3, 0.4) is 0 Å². The highest BCUT2D eigenvalue weighted by atomic mass is 32.2. The molecule has 0 aliphatic carbocycles. The van der Waals surface area contributed by atoms with Gasteiger partial charge in [0.2, 0.25) is 0 Å². The second-order valence-electron chi connectivity index (χ2n) is 5.67. The molecule has 0 saturated carbocycles. The van der Waals surface area contributed by atoms with Crippen molar-refractivity contribution in [3.63, 3.8) is 0 Å². The molecule has 0 aromatic heterocycles. The number of rotatable bonds is 1. The predicted octanol–water partition coefficient (Wildman–Crippen LogP) is 5.46. The van der Waals surface area contributed by atoms with Crippen molar-refractivity contribution in [2.24, 2.45) is 0 Å². The van der Waals surface area contributed by atoms with Crippen molar-refractivity contribution in [1.82, 2.24) is 0 Å². The molecule has 0 spiro atoms. The second-order valence-corrected chi connectivity index (χ2v) is 6.69. The highest BCUT2D eigenvalue weighted by molar-refractivity contribution is 7.98. The minimum atomic E-state index is 0.795. The Morgan fingerprint density at radius 2 is 1.61 bits per heavy atom. The van der Waals surface area contributed by atoms with Crippen LogP contribution >= 0.6 is 11.8 Å². The lowest BCUT2D eigenvalue weighted by atomic mass is 9.92. The van der Waals surface area contributed by atoms with Crippen LogP contribution in [0, 0.1) is 0 Å². The molecule has 0 unspecified atom stereocenters. The number of anilines is 1. The zero-order valence-corrected chi connectivity index (χ0v) is 13.5. The molecule has 1 nitrogen and oxygen atoms in total. The Morgan fingerprint density at radius 1 is 0.826 bits per heavy atom. The van der Waals surface area contributed by atoms with Gasteiger partial charge in [-0.15, -0.1) is 11.8 Å². The van der Waals surface area contributed by atoms with E-state index in [2.05, 4.69) is 60.7 Å². The maximum atomic E-state index is 5.95. The number of benzene rings is 3. The zero-order valence-electron chi connectivity index (χ0n) is 12.7. The molecule has 0 atom stereocenters. The summed E-state index contributed by atoms with van der Waals surface area (Å²) in [6.45, 7) is 0. The largest absolute Gasteiger partial charge is 0.399 e. The first kappa shape index (κ1) is 14.2. The third-order valence-electron chi connectivity index (χ3n) is 4.09. The van der Waals surface area contributed by atoms with E-state index in [1.165, 1.54) is 27.2 Å². The minimum Gasteiger partial charge on any atom is -0.399 e. The Labute approximate surface area is 140 Å². The number of hydrogen-bond acceptors (Lipinski definition) is 2. The van der Waals surface area contributed by atoms with Gasteiger partial charge in [-0.3, -0.25) is 0 Å². The number of fused-ring (bicyclic) bond motifs is 2. The van der Waals surface area contributed by atoms with Crippen molar-refractivity contribution in [3.05, 3.63) is 95.1 Å². The summed E-state index contributed by atoms with van der Waals surface area (Å²) in [6.07, 6.45) is 2.25. The Hall–Kier alpha value is -2.45. The van der Waals surface area contributed by atoms with E-state index in [1.807, 2.05) is 30.0 Å². The van der Waals surface area contributed by atoms with E-state index in [9.17, 15) is 0 Å². The smallest absolute Gasteiger partial charge is 0.0319 e. The Kier molecular flexibility index (Phi) is 3.68. The predicted molar refractivity (Wildman–Crippen MR) is 100 cm³/mol. The molecule has 0 fully saturated rings. The number of nitrogens with two attached hydrogens (primary N) is 1. The molecule has 23 heavy (non-hydrogen) atoms. The van der Waals surface area contributed by atoms with Crippen molar-refractivity contribution >= 4 is 29.1 Å². The van der Waals surface area contributed by atoms with Gasteiger partial charge in [0.05, 0.1) is 0 Å². The van der Waals surface area contributed by atoms with Gasteiger partial charge in [0, 0.05) is 16.3 Å². The summed E-state index contributed by atoms with van der Waals surface area (Å²) in [5.41, 5.74) is 13.1. The van der Waals surface area contributed by atoms with Gasteiger partial charge in [0.1, 0.15) is 0 Å². The van der Waals surface area contributed by atoms with E-state index in [0.717, 1.165) is 17.0 Å². The van der Waals surface area contributed by atoms with Gasteiger partial charge in [-0.25, -0.2) is 0 Å². The van der Waals surface area contributed by atoms with E-state index in [4.69, 9.17) is 5.73 Å². The molecule has 112 valence electrons. The summed E-state index contributed by atoms with van der Waals surface area (Å²) < 4.78 is 0. The third kappa shape index (κ3) is 2.78. The fourth-order valence-electron chi connectivity index (χ4n) is 3.00. The third-order valence-corrected chi connectivity index (χ3v) is 5.21. The van der Waals surface area contributed by atoms with Crippen LogP contribution in [0.5, 0.6) is 0 Å². The van der Waals surface area contributed by atoms with Gasteiger partial charge < -0.3 is 5.73 Å². The maximum Gasteiger partial charge on any atom is 0.0319 e. The highest BCUT2D eigenvalue weighted by Gasteiger charge is 2.17. The molecule has 2 N–H and O–H groups in total. The maximum absolute atomic E-state index is 5.95. The van der Waals surface area contributed by atoms with Crippen LogP contribution in [0.15, 0.2) is 77.7 Å².